The number of aliphatic hydroxyl groups is 1. The maximum atomic E-state index is 11.6. The molecule has 0 radical (unpaired) electrons. The summed E-state index contributed by atoms with van der Waals surface area (Å²) >= 11 is 0. The van der Waals surface area contributed by atoms with Gasteiger partial charge in [-0.2, -0.15) is 0 Å². The van der Waals surface area contributed by atoms with Gasteiger partial charge in [0.25, 0.3) is 0 Å². The van der Waals surface area contributed by atoms with Crippen molar-refractivity contribution in [2.75, 3.05) is 26.9 Å². The number of carbonyl (C=O) groups is 2. The first-order valence-corrected chi connectivity index (χ1v) is 5.25. The van der Waals surface area contributed by atoms with E-state index in [0.717, 1.165) is 0 Å². The molecule has 0 heterocycles. The Bertz CT molecular complexity index is 245. The minimum atomic E-state index is -1.14. The summed E-state index contributed by atoms with van der Waals surface area (Å²) in [6.07, 6.45) is -0.662. The highest BCUT2D eigenvalue weighted by atomic mass is 16.5. The molecule has 0 bridgehead atoms. The number of Topliss-reactive ketones (excluding diaryl/α,β-unsaturated/α-hetero) is 1. The van der Waals surface area contributed by atoms with Crippen molar-refractivity contribution in [3.8, 4) is 0 Å². The lowest BCUT2D eigenvalue weighted by Gasteiger charge is -2.14. The van der Waals surface area contributed by atoms with Gasteiger partial charge >= 0.3 is 5.97 Å². The van der Waals surface area contributed by atoms with Crippen molar-refractivity contribution in [1.29, 1.82) is 0 Å². The first kappa shape index (κ1) is 16.0. The number of ether oxygens (including phenoxy) is 2. The van der Waals surface area contributed by atoms with Gasteiger partial charge < -0.3 is 25.4 Å². The van der Waals surface area contributed by atoms with Crippen molar-refractivity contribution >= 4 is 11.8 Å². The van der Waals surface area contributed by atoms with Gasteiger partial charge in [-0.3, -0.25) is 9.59 Å². The third-order valence-corrected chi connectivity index (χ3v) is 2.17. The standard InChI is InChI=1S/C10H19NO6/c1-16-9(6-17-5-4-12)8(13)3-2-7(11)10(14)15/h7,9,12H,2-6,11H2,1H3,(H,14,15)/t7-,9?/m0/s1. The van der Waals surface area contributed by atoms with Gasteiger partial charge in [-0.1, -0.05) is 0 Å². The Morgan fingerprint density at radius 2 is 2.06 bits per heavy atom. The van der Waals surface area contributed by atoms with Crippen LogP contribution in [0.3, 0.4) is 0 Å². The van der Waals surface area contributed by atoms with E-state index in [0.29, 0.717) is 0 Å². The molecule has 0 amide bonds. The molecule has 0 spiro atoms. The van der Waals surface area contributed by atoms with E-state index >= 15 is 0 Å². The lowest BCUT2D eigenvalue weighted by atomic mass is 10.1. The molecule has 17 heavy (non-hydrogen) atoms. The molecule has 1 unspecified atom stereocenters. The summed E-state index contributed by atoms with van der Waals surface area (Å²) in [6, 6.07) is -1.05. The number of nitrogens with two attached hydrogens (primary N) is 1. The van der Waals surface area contributed by atoms with Gasteiger partial charge in [0.2, 0.25) is 0 Å². The van der Waals surface area contributed by atoms with Crippen LogP contribution in [0.4, 0.5) is 0 Å². The average molecular weight is 249 g/mol. The quantitative estimate of drug-likeness (QED) is 0.415. The summed E-state index contributed by atoms with van der Waals surface area (Å²) in [6.45, 7) is 0.0362. The molecule has 0 aliphatic carbocycles. The molecule has 0 saturated heterocycles. The van der Waals surface area contributed by atoms with E-state index in [4.69, 9.17) is 25.4 Å². The largest absolute Gasteiger partial charge is 0.480 e. The first-order valence-electron chi connectivity index (χ1n) is 5.25. The number of hydrogen-bond acceptors (Lipinski definition) is 6. The Balaban J connectivity index is 3.95. The second-order valence-corrected chi connectivity index (χ2v) is 3.47. The number of carboxylic acid groups (broad SMARTS) is 1. The van der Waals surface area contributed by atoms with E-state index in [1.807, 2.05) is 0 Å². The maximum Gasteiger partial charge on any atom is 0.320 e. The predicted octanol–water partition coefficient (Wildman–Crippen LogP) is -1.23. The molecule has 4 N–H and O–H groups in total. The molecule has 0 fully saturated rings. The molecular formula is C10H19NO6. The lowest BCUT2D eigenvalue weighted by molar-refractivity contribution is -0.139. The van der Waals surface area contributed by atoms with Crippen molar-refractivity contribution in [3.05, 3.63) is 0 Å². The zero-order valence-corrected chi connectivity index (χ0v) is 9.80. The number of methoxy groups -OCH3 is 1. The Hall–Kier alpha value is -1.02. The highest BCUT2D eigenvalue weighted by Crippen LogP contribution is 2.03. The molecule has 100 valence electrons. The highest BCUT2D eigenvalue weighted by molar-refractivity contribution is 5.84. The summed E-state index contributed by atoms with van der Waals surface area (Å²) in [7, 11) is 1.36. The summed E-state index contributed by atoms with van der Waals surface area (Å²) < 4.78 is 9.87. The van der Waals surface area contributed by atoms with Crippen molar-refractivity contribution < 1.29 is 29.3 Å². The van der Waals surface area contributed by atoms with E-state index in [1.54, 1.807) is 0 Å². The van der Waals surface area contributed by atoms with Gasteiger partial charge in [-0.05, 0) is 6.42 Å². The lowest BCUT2D eigenvalue weighted by Crippen LogP contribution is -2.34. The minimum absolute atomic E-state index is 0.0223. The predicted molar refractivity (Wildman–Crippen MR) is 58.6 cm³/mol. The van der Waals surface area contributed by atoms with Crippen LogP contribution >= 0.6 is 0 Å². The van der Waals surface area contributed by atoms with E-state index in [-0.39, 0.29) is 38.4 Å². The fourth-order valence-corrected chi connectivity index (χ4v) is 1.13. The Labute approximate surface area is 99.5 Å². The minimum Gasteiger partial charge on any atom is -0.480 e. The summed E-state index contributed by atoms with van der Waals surface area (Å²) in [5.41, 5.74) is 5.27. The monoisotopic (exact) mass is 249 g/mol. The Kier molecular flexibility index (Phi) is 8.51. The molecule has 0 aromatic rings. The Morgan fingerprint density at radius 3 is 2.53 bits per heavy atom. The third-order valence-electron chi connectivity index (χ3n) is 2.17. The number of hydrogen-bond donors (Lipinski definition) is 3. The molecule has 0 aromatic carbocycles. The summed E-state index contributed by atoms with van der Waals surface area (Å²) in [4.78, 5) is 22.0. The molecule has 0 rings (SSSR count). The van der Waals surface area contributed by atoms with Crippen molar-refractivity contribution in [2.24, 2.45) is 5.73 Å². The van der Waals surface area contributed by atoms with Gasteiger partial charge in [-0.25, -0.2) is 0 Å². The fraction of sp³-hybridized carbons (Fsp3) is 0.800. The number of carboxylic acids is 1. The molecular weight excluding hydrogens is 230 g/mol. The molecule has 0 aromatic heterocycles. The van der Waals surface area contributed by atoms with Crippen LogP contribution in [0.5, 0.6) is 0 Å². The first-order chi connectivity index (χ1) is 8.02. The third kappa shape index (κ3) is 7.01. The van der Waals surface area contributed by atoms with Crippen LogP contribution in [0.2, 0.25) is 0 Å². The van der Waals surface area contributed by atoms with Crippen LogP contribution in [0.1, 0.15) is 12.8 Å². The molecule has 2 atom stereocenters. The SMILES string of the molecule is COC(COCCO)C(=O)CC[C@H](N)C(=O)O. The second kappa shape index (κ2) is 9.06. The van der Waals surface area contributed by atoms with E-state index in [2.05, 4.69) is 0 Å². The second-order valence-electron chi connectivity index (χ2n) is 3.47. The van der Waals surface area contributed by atoms with Gasteiger partial charge in [0.1, 0.15) is 12.1 Å². The molecule has 0 saturated carbocycles. The summed E-state index contributed by atoms with van der Waals surface area (Å²) in [5.74, 6) is -1.40. The average Bonchev–Trinajstić information content (AvgIpc) is 2.31. The molecule has 0 aliphatic heterocycles. The summed E-state index contributed by atoms with van der Waals surface area (Å²) in [5, 5.41) is 17.0. The highest BCUT2D eigenvalue weighted by Gasteiger charge is 2.20. The number of carbonyl (C=O) groups excluding carboxylic acids is 1. The van der Waals surface area contributed by atoms with Crippen LogP contribution in [0.25, 0.3) is 0 Å². The van der Waals surface area contributed by atoms with Gasteiger partial charge in [0.15, 0.2) is 5.78 Å². The number of aliphatic hydroxyl groups excluding tert-OH is 1. The number of ketones is 1. The normalized spacial score (nSPS) is 14.3. The molecule has 7 heteroatoms. The van der Waals surface area contributed by atoms with Crippen molar-refractivity contribution in [1.82, 2.24) is 0 Å². The number of rotatable bonds is 10. The van der Waals surface area contributed by atoms with E-state index in [9.17, 15) is 9.59 Å². The van der Waals surface area contributed by atoms with E-state index < -0.39 is 18.1 Å². The van der Waals surface area contributed by atoms with Gasteiger partial charge in [0, 0.05) is 13.5 Å². The molecule has 7 nitrogen and oxygen atoms in total. The van der Waals surface area contributed by atoms with Crippen LogP contribution < -0.4 is 5.73 Å². The van der Waals surface area contributed by atoms with Crippen LogP contribution in [0, 0.1) is 0 Å². The van der Waals surface area contributed by atoms with Gasteiger partial charge in [-0.15, -0.1) is 0 Å². The van der Waals surface area contributed by atoms with Crippen molar-refractivity contribution in [2.45, 2.75) is 25.0 Å². The van der Waals surface area contributed by atoms with Crippen LogP contribution in [0.15, 0.2) is 0 Å². The van der Waals surface area contributed by atoms with Crippen LogP contribution in [-0.2, 0) is 19.1 Å². The Morgan fingerprint density at radius 1 is 1.41 bits per heavy atom. The van der Waals surface area contributed by atoms with E-state index in [1.165, 1.54) is 7.11 Å². The maximum absolute atomic E-state index is 11.6. The zero-order valence-electron chi connectivity index (χ0n) is 9.80. The fourth-order valence-electron chi connectivity index (χ4n) is 1.13. The molecule has 0 aliphatic rings. The van der Waals surface area contributed by atoms with Crippen LogP contribution in [-0.4, -0.2) is 61.0 Å². The van der Waals surface area contributed by atoms with Crippen molar-refractivity contribution in [3.63, 3.8) is 0 Å². The number of aliphatic carboxylic acids is 1. The smallest absolute Gasteiger partial charge is 0.320 e. The zero-order chi connectivity index (χ0) is 13.3. The van der Waals surface area contributed by atoms with Gasteiger partial charge in [0.05, 0.1) is 19.8 Å². The topological polar surface area (TPSA) is 119 Å².